The molecule has 1 amide bonds. The van der Waals surface area contributed by atoms with Gasteiger partial charge in [0.2, 0.25) is 5.91 Å². The quantitative estimate of drug-likeness (QED) is 0.518. The lowest BCUT2D eigenvalue weighted by Crippen LogP contribution is -2.26. The van der Waals surface area contributed by atoms with Crippen LogP contribution in [-0.4, -0.2) is 65.0 Å². The molecule has 5 heteroatoms. The highest BCUT2D eigenvalue weighted by atomic mass is 16.5. The zero-order chi connectivity index (χ0) is 11.5. The lowest BCUT2D eigenvalue weighted by Gasteiger charge is -2.10. The van der Waals surface area contributed by atoms with Gasteiger partial charge in [0.05, 0.1) is 13.2 Å². The summed E-state index contributed by atoms with van der Waals surface area (Å²) in [6.07, 6.45) is 0.796. The Morgan fingerprint density at radius 1 is 1.07 bits per heavy atom. The van der Waals surface area contributed by atoms with Crippen molar-refractivity contribution in [2.24, 2.45) is 0 Å². The van der Waals surface area contributed by atoms with Gasteiger partial charge in [-0.25, -0.2) is 0 Å². The molecule has 0 radical (unpaired) electrons. The Labute approximate surface area is 91.3 Å². The number of hydrogen-bond acceptors (Lipinski definition) is 4. The van der Waals surface area contributed by atoms with Crippen LogP contribution in [0.3, 0.4) is 0 Å². The van der Waals surface area contributed by atoms with Gasteiger partial charge in [-0.3, -0.25) is 4.79 Å². The summed E-state index contributed by atoms with van der Waals surface area (Å²) in [4.78, 5) is 12.6. The standard InChI is InChI=1S/C10H21NO4/c1-11(2)10(12)9-15-6-4-5-14-8-7-13-3/h4-9H2,1-3H3. The molecule has 0 rings (SSSR count). The smallest absolute Gasteiger partial charge is 0.248 e. The molecule has 0 saturated carbocycles. The van der Waals surface area contributed by atoms with Crippen LogP contribution in [0.4, 0.5) is 0 Å². The number of carbonyl (C=O) groups excluding carboxylic acids is 1. The Bertz CT molecular complexity index is 162. The molecule has 0 aliphatic heterocycles. The second kappa shape index (κ2) is 9.89. The Hall–Kier alpha value is -0.650. The van der Waals surface area contributed by atoms with E-state index in [4.69, 9.17) is 14.2 Å². The Morgan fingerprint density at radius 3 is 2.33 bits per heavy atom. The normalized spacial score (nSPS) is 10.3. The number of ether oxygens (including phenoxy) is 3. The largest absolute Gasteiger partial charge is 0.382 e. The summed E-state index contributed by atoms with van der Waals surface area (Å²) in [5.74, 6) is -0.0182. The maximum atomic E-state index is 11.1. The molecule has 0 aliphatic rings. The van der Waals surface area contributed by atoms with Gasteiger partial charge in [0, 0.05) is 34.4 Å². The molecule has 90 valence electrons. The van der Waals surface area contributed by atoms with Gasteiger partial charge >= 0.3 is 0 Å². The highest BCUT2D eigenvalue weighted by Crippen LogP contribution is 1.87. The molecule has 0 bridgehead atoms. The maximum Gasteiger partial charge on any atom is 0.248 e. The molecular formula is C10H21NO4. The van der Waals surface area contributed by atoms with Gasteiger partial charge in [-0.2, -0.15) is 0 Å². The van der Waals surface area contributed by atoms with E-state index < -0.39 is 0 Å². The van der Waals surface area contributed by atoms with Crippen LogP contribution in [0.25, 0.3) is 0 Å². The molecule has 0 spiro atoms. The summed E-state index contributed by atoms with van der Waals surface area (Å²) in [7, 11) is 5.05. The van der Waals surface area contributed by atoms with E-state index in [0.29, 0.717) is 26.4 Å². The number of nitrogens with zero attached hydrogens (tertiary/aromatic N) is 1. The van der Waals surface area contributed by atoms with Crippen LogP contribution in [0.5, 0.6) is 0 Å². The summed E-state index contributed by atoms with van der Waals surface area (Å²) in [5.41, 5.74) is 0. The Morgan fingerprint density at radius 2 is 1.73 bits per heavy atom. The molecule has 0 atom stereocenters. The third kappa shape index (κ3) is 9.65. The minimum Gasteiger partial charge on any atom is -0.382 e. The van der Waals surface area contributed by atoms with Gasteiger partial charge in [0.15, 0.2) is 0 Å². The first kappa shape index (κ1) is 14.3. The number of hydrogen-bond donors (Lipinski definition) is 0. The molecule has 0 aromatic carbocycles. The molecule has 0 aromatic heterocycles. The van der Waals surface area contributed by atoms with Crippen molar-refractivity contribution in [3.05, 3.63) is 0 Å². The highest BCUT2D eigenvalue weighted by Gasteiger charge is 2.02. The maximum absolute atomic E-state index is 11.1. The summed E-state index contributed by atoms with van der Waals surface area (Å²) in [6.45, 7) is 2.55. The molecule has 0 aliphatic carbocycles. The fraction of sp³-hybridized carbons (Fsp3) is 0.900. The van der Waals surface area contributed by atoms with Gasteiger partial charge in [-0.05, 0) is 6.42 Å². The third-order valence-electron chi connectivity index (χ3n) is 1.73. The summed E-state index contributed by atoms with van der Waals surface area (Å²) in [5, 5.41) is 0. The lowest BCUT2D eigenvalue weighted by atomic mass is 10.5. The minimum atomic E-state index is -0.0182. The molecule has 0 saturated heterocycles. The first-order valence-corrected chi connectivity index (χ1v) is 5.03. The molecule has 5 nitrogen and oxygen atoms in total. The Balaban J connectivity index is 3.08. The molecule has 0 fully saturated rings. The zero-order valence-electron chi connectivity index (χ0n) is 9.82. The van der Waals surface area contributed by atoms with Crippen molar-refractivity contribution in [2.75, 3.05) is 54.2 Å². The lowest BCUT2D eigenvalue weighted by molar-refractivity contribution is -0.133. The molecule has 0 N–H and O–H groups in total. The summed E-state index contributed by atoms with van der Waals surface area (Å²) >= 11 is 0. The van der Waals surface area contributed by atoms with Crippen LogP contribution in [0, 0.1) is 0 Å². The number of rotatable bonds is 9. The van der Waals surface area contributed by atoms with Crippen molar-refractivity contribution >= 4 is 5.91 Å². The number of carbonyl (C=O) groups is 1. The van der Waals surface area contributed by atoms with Crippen LogP contribution in [0.1, 0.15) is 6.42 Å². The van der Waals surface area contributed by atoms with Gasteiger partial charge in [-0.15, -0.1) is 0 Å². The molecule has 15 heavy (non-hydrogen) atoms. The average Bonchev–Trinajstić information content (AvgIpc) is 2.21. The Kier molecular flexibility index (Phi) is 9.46. The van der Waals surface area contributed by atoms with Crippen LogP contribution >= 0.6 is 0 Å². The first-order valence-electron chi connectivity index (χ1n) is 5.03. The number of likely N-dealkylation sites (N-methyl/N-ethyl adjacent to an activating group) is 1. The van der Waals surface area contributed by atoms with E-state index in [1.54, 1.807) is 21.2 Å². The van der Waals surface area contributed by atoms with E-state index in [1.807, 2.05) is 0 Å². The topological polar surface area (TPSA) is 48.0 Å². The first-order chi connectivity index (χ1) is 7.18. The van der Waals surface area contributed by atoms with Crippen molar-refractivity contribution in [3.8, 4) is 0 Å². The summed E-state index contributed by atoms with van der Waals surface area (Å²) < 4.78 is 15.2. The SMILES string of the molecule is COCCOCCCOCC(=O)N(C)C. The van der Waals surface area contributed by atoms with Gasteiger partial charge in [0.1, 0.15) is 6.61 Å². The second-order valence-electron chi connectivity index (χ2n) is 3.30. The number of methoxy groups -OCH3 is 1. The van der Waals surface area contributed by atoms with Crippen molar-refractivity contribution in [1.82, 2.24) is 4.90 Å². The molecule has 0 heterocycles. The fourth-order valence-corrected chi connectivity index (χ4v) is 0.796. The molecule has 0 aromatic rings. The third-order valence-corrected chi connectivity index (χ3v) is 1.73. The van der Waals surface area contributed by atoms with Gasteiger partial charge in [-0.1, -0.05) is 0 Å². The number of amides is 1. The fourth-order valence-electron chi connectivity index (χ4n) is 0.796. The predicted octanol–water partition coefficient (Wildman–Crippen LogP) is 0.144. The summed E-state index contributed by atoms with van der Waals surface area (Å²) in [6, 6.07) is 0. The van der Waals surface area contributed by atoms with Crippen LogP contribution in [-0.2, 0) is 19.0 Å². The van der Waals surface area contributed by atoms with E-state index >= 15 is 0 Å². The molecule has 0 unspecified atom stereocenters. The van der Waals surface area contributed by atoms with Crippen molar-refractivity contribution in [1.29, 1.82) is 0 Å². The van der Waals surface area contributed by atoms with E-state index in [-0.39, 0.29) is 12.5 Å². The zero-order valence-corrected chi connectivity index (χ0v) is 9.82. The van der Waals surface area contributed by atoms with Crippen LogP contribution in [0.15, 0.2) is 0 Å². The van der Waals surface area contributed by atoms with Crippen LogP contribution in [0.2, 0.25) is 0 Å². The van der Waals surface area contributed by atoms with Crippen molar-refractivity contribution in [2.45, 2.75) is 6.42 Å². The monoisotopic (exact) mass is 219 g/mol. The highest BCUT2D eigenvalue weighted by molar-refractivity contribution is 5.76. The van der Waals surface area contributed by atoms with E-state index in [1.165, 1.54) is 4.90 Å². The van der Waals surface area contributed by atoms with Crippen molar-refractivity contribution in [3.63, 3.8) is 0 Å². The average molecular weight is 219 g/mol. The van der Waals surface area contributed by atoms with E-state index in [0.717, 1.165) is 6.42 Å². The van der Waals surface area contributed by atoms with Crippen LogP contribution < -0.4 is 0 Å². The predicted molar refractivity (Wildman–Crippen MR) is 56.8 cm³/mol. The second-order valence-corrected chi connectivity index (χ2v) is 3.30. The van der Waals surface area contributed by atoms with Gasteiger partial charge in [0.25, 0.3) is 0 Å². The van der Waals surface area contributed by atoms with Gasteiger partial charge < -0.3 is 19.1 Å². The minimum absolute atomic E-state index is 0.0182. The van der Waals surface area contributed by atoms with E-state index in [2.05, 4.69) is 0 Å². The van der Waals surface area contributed by atoms with E-state index in [9.17, 15) is 4.79 Å². The molecular weight excluding hydrogens is 198 g/mol. The van der Waals surface area contributed by atoms with Crippen molar-refractivity contribution < 1.29 is 19.0 Å².